The summed E-state index contributed by atoms with van der Waals surface area (Å²) >= 11 is 0. The summed E-state index contributed by atoms with van der Waals surface area (Å²) in [6, 6.07) is 4.67. The van der Waals surface area contributed by atoms with Crippen molar-refractivity contribution in [2.24, 2.45) is 0 Å². The molecule has 2 amide bonds. The lowest BCUT2D eigenvalue weighted by Gasteiger charge is -2.32. The van der Waals surface area contributed by atoms with Crippen molar-refractivity contribution in [1.29, 1.82) is 0 Å². The molecule has 1 aromatic carbocycles. The molecule has 2 aliphatic heterocycles. The average molecular weight is 491 g/mol. The van der Waals surface area contributed by atoms with Crippen LogP contribution in [0.5, 0.6) is 0 Å². The van der Waals surface area contributed by atoms with E-state index < -0.39 is 0 Å². The molecule has 2 N–H and O–H groups in total. The number of amides is 2. The van der Waals surface area contributed by atoms with Gasteiger partial charge in [0, 0.05) is 37.4 Å². The van der Waals surface area contributed by atoms with Crippen molar-refractivity contribution in [2.75, 3.05) is 43.9 Å². The Kier molecular flexibility index (Phi) is 7.30. The van der Waals surface area contributed by atoms with Crippen LogP contribution in [0.25, 0.3) is 5.57 Å². The van der Waals surface area contributed by atoms with Gasteiger partial charge in [-0.2, -0.15) is 0 Å². The summed E-state index contributed by atoms with van der Waals surface area (Å²) in [5.41, 5.74) is 4.45. The van der Waals surface area contributed by atoms with E-state index in [1.807, 2.05) is 31.7 Å². The van der Waals surface area contributed by atoms with Gasteiger partial charge >= 0.3 is 0 Å². The minimum absolute atomic E-state index is 0.0377. The van der Waals surface area contributed by atoms with Crippen molar-refractivity contribution >= 4 is 34.7 Å². The molecule has 0 saturated carbocycles. The van der Waals surface area contributed by atoms with Gasteiger partial charge < -0.3 is 20.4 Å². The number of rotatable bonds is 5. The summed E-state index contributed by atoms with van der Waals surface area (Å²) in [5.74, 6) is 0.303. The summed E-state index contributed by atoms with van der Waals surface area (Å²) in [7, 11) is 2.05. The van der Waals surface area contributed by atoms with Crippen LogP contribution in [0.2, 0.25) is 0 Å². The number of halogens is 1. The molecule has 4 rings (SSSR count). The van der Waals surface area contributed by atoms with Crippen molar-refractivity contribution in [2.45, 2.75) is 27.7 Å². The van der Waals surface area contributed by atoms with Crippen LogP contribution < -0.4 is 10.6 Å². The van der Waals surface area contributed by atoms with Crippen LogP contribution in [0.15, 0.2) is 53.4 Å². The van der Waals surface area contributed by atoms with E-state index in [2.05, 4.69) is 32.5 Å². The number of fused-ring (bicyclic) bond motifs is 1. The van der Waals surface area contributed by atoms with Gasteiger partial charge in [-0.3, -0.25) is 9.59 Å². The monoisotopic (exact) mass is 490 g/mol. The van der Waals surface area contributed by atoms with Gasteiger partial charge in [-0.1, -0.05) is 11.6 Å². The fraction of sp³-hybridized carbons (Fsp3) is 0.333. The van der Waals surface area contributed by atoms with Gasteiger partial charge in [0.2, 0.25) is 5.91 Å². The molecule has 0 unspecified atom stereocenters. The number of carbonyl (C=O) groups is 2. The SMILES string of the molecule is CC(/C=C1\C(=O)Nc2ncnc(Nc3ccc(F)c(C)c3)c21)=C\C(C)=C(/C)C(=O)N1CCN(C)CC1. The van der Waals surface area contributed by atoms with Gasteiger partial charge in [-0.05, 0) is 70.2 Å². The Balaban J connectivity index is 1.61. The number of hydrogen-bond acceptors (Lipinski definition) is 6. The molecule has 2 aliphatic rings. The number of anilines is 3. The number of piperazine rings is 1. The van der Waals surface area contributed by atoms with Crippen molar-refractivity contribution in [3.05, 3.63) is 70.3 Å². The highest BCUT2D eigenvalue weighted by Gasteiger charge is 2.29. The number of nitrogens with one attached hydrogen (secondary N) is 2. The first-order chi connectivity index (χ1) is 17.1. The number of aromatic nitrogens is 2. The third-order valence-corrected chi connectivity index (χ3v) is 6.53. The van der Waals surface area contributed by atoms with E-state index >= 15 is 0 Å². The Morgan fingerprint density at radius 3 is 2.56 bits per heavy atom. The lowest BCUT2D eigenvalue weighted by atomic mass is 10.0. The van der Waals surface area contributed by atoms with Gasteiger partial charge in [0.25, 0.3) is 5.91 Å². The fourth-order valence-corrected chi connectivity index (χ4v) is 4.25. The molecule has 1 aromatic heterocycles. The zero-order valence-electron chi connectivity index (χ0n) is 21.3. The summed E-state index contributed by atoms with van der Waals surface area (Å²) < 4.78 is 13.7. The van der Waals surface area contributed by atoms with Crippen LogP contribution in [-0.4, -0.2) is 64.8 Å². The second-order valence-corrected chi connectivity index (χ2v) is 9.34. The summed E-state index contributed by atoms with van der Waals surface area (Å²) in [6.07, 6.45) is 5.04. The van der Waals surface area contributed by atoms with Gasteiger partial charge in [0.15, 0.2) is 0 Å². The van der Waals surface area contributed by atoms with Crippen LogP contribution in [0.1, 0.15) is 31.9 Å². The molecule has 0 radical (unpaired) electrons. The van der Waals surface area contributed by atoms with Crippen molar-refractivity contribution in [3.63, 3.8) is 0 Å². The third-order valence-electron chi connectivity index (χ3n) is 6.53. The number of benzene rings is 1. The predicted molar refractivity (Wildman–Crippen MR) is 139 cm³/mol. The Morgan fingerprint density at radius 2 is 1.86 bits per heavy atom. The van der Waals surface area contributed by atoms with Crippen molar-refractivity contribution in [3.8, 4) is 0 Å². The number of hydrogen-bond donors (Lipinski definition) is 2. The summed E-state index contributed by atoms with van der Waals surface area (Å²) in [5, 5.41) is 5.95. The molecular weight excluding hydrogens is 459 g/mol. The van der Waals surface area contributed by atoms with Gasteiger partial charge in [0.1, 0.15) is 23.8 Å². The maximum absolute atomic E-state index is 13.7. The molecule has 3 heterocycles. The van der Waals surface area contributed by atoms with Gasteiger partial charge in [0.05, 0.1) is 11.1 Å². The Bertz CT molecular complexity index is 1310. The highest BCUT2D eigenvalue weighted by Crippen LogP contribution is 2.36. The predicted octanol–water partition coefficient (Wildman–Crippen LogP) is 4.06. The molecule has 8 nitrogen and oxygen atoms in total. The molecule has 0 bridgehead atoms. The topological polar surface area (TPSA) is 90.5 Å². The molecule has 188 valence electrons. The first-order valence-corrected chi connectivity index (χ1v) is 11.9. The molecule has 2 aromatic rings. The normalized spacial score (nSPS) is 18.2. The van der Waals surface area contributed by atoms with Crippen molar-refractivity contribution in [1.82, 2.24) is 19.8 Å². The average Bonchev–Trinajstić information content (AvgIpc) is 3.16. The second-order valence-electron chi connectivity index (χ2n) is 9.34. The third kappa shape index (κ3) is 5.36. The minimum atomic E-state index is -0.295. The Hall–Kier alpha value is -3.85. The zero-order valence-corrected chi connectivity index (χ0v) is 21.3. The lowest BCUT2D eigenvalue weighted by Crippen LogP contribution is -2.47. The molecule has 36 heavy (non-hydrogen) atoms. The highest BCUT2D eigenvalue weighted by atomic mass is 19.1. The Labute approximate surface area is 210 Å². The van der Waals surface area contributed by atoms with E-state index in [9.17, 15) is 14.0 Å². The maximum Gasteiger partial charge on any atom is 0.257 e. The van der Waals surface area contributed by atoms with Gasteiger partial charge in [-0.15, -0.1) is 0 Å². The number of nitrogens with zero attached hydrogens (tertiary/aromatic N) is 4. The van der Waals surface area contributed by atoms with E-state index in [-0.39, 0.29) is 17.6 Å². The van der Waals surface area contributed by atoms with E-state index in [0.29, 0.717) is 52.7 Å². The number of likely N-dealkylation sites (N-methyl/N-ethyl adjacent to an activating group) is 1. The standard InChI is InChI=1S/C27H31FN6O2/c1-16(12-17(2)19(4)27(36)34-10-8-33(5)9-11-34)13-21-23-24(29-15-30-25(23)32-26(21)35)31-20-6-7-22(28)18(3)14-20/h6-7,12-15H,8-11H2,1-5H3,(H2,29,30,31,32,35)/b16-12+,19-17+,21-13-. The molecule has 0 spiro atoms. The second kappa shape index (κ2) is 10.4. The highest BCUT2D eigenvalue weighted by molar-refractivity contribution is 6.32. The van der Waals surface area contributed by atoms with E-state index in [1.54, 1.807) is 25.1 Å². The molecule has 0 aliphatic carbocycles. The largest absolute Gasteiger partial charge is 0.340 e. The summed E-state index contributed by atoms with van der Waals surface area (Å²) in [4.78, 5) is 38.4. The lowest BCUT2D eigenvalue weighted by molar-refractivity contribution is -0.128. The van der Waals surface area contributed by atoms with Crippen LogP contribution in [0, 0.1) is 12.7 Å². The maximum atomic E-state index is 13.7. The van der Waals surface area contributed by atoms with E-state index in [1.165, 1.54) is 12.4 Å². The number of aryl methyl sites for hydroxylation is 1. The zero-order chi connectivity index (χ0) is 26.0. The molecule has 0 atom stereocenters. The fourth-order valence-electron chi connectivity index (χ4n) is 4.25. The van der Waals surface area contributed by atoms with Gasteiger partial charge in [-0.25, -0.2) is 14.4 Å². The molecule has 9 heteroatoms. The minimum Gasteiger partial charge on any atom is -0.340 e. The Morgan fingerprint density at radius 1 is 1.14 bits per heavy atom. The van der Waals surface area contributed by atoms with E-state index in [0.717, 1.165) is 24.2 Å². The summed E-state index contributed by atoms with van der Waals surface area (Å²) in [6.45, 7) is 10.5. The van der Waals surface area contributed by atoms with Crippen LogP contribution in [0.3, 0.4) is 0 Å². The first kappa shape index (κ1) is 25.2. The van der Waals surface area contributed by atoms with Crippen LogP contribution in [-0.2, 0) is 9.59 Å². The van der Waals surface area contributed by atoms with E-state index in [4.69, 9.17) is 0 Å². The van der Waals surface area contributed by atoms with Crippen LogP contribution in [0.4, 0.5) is 21.7 Å². The molecule has 1 saturated heterocycles. The first-order valence-electron chi connectivity index (χ1n) is 11.9. The molecular formula is C27H31FN6O2. The quantitative estimate of drug-likeness (QED) is 0.485. The van der Waals surface area contributed by atoms with Crippen molar-refractivity contribution < 1.29 is 14.0 Å². The molecule has 1 fully saturated rings. The number of carbonyl (C=O) groups excluding carboxylic acids is 2. The smallest absolute Gasteiger partial charge is 0.257 e. The van der Waals surface area contributed by atoms with Crippen LogP contribution >= 0.6 is 0 Å². The number of allylic oxidation sites excluding steroid dienone is 4.